The molecule has 31 heavy (non-hydrogen) atoms. The summed E-state index contributed by atoms with van der Waals surface area (Å²) in [5.41, 5.74) is 1.35. The van der Waals surface area contributed by atoms with E-state index in [0.717, 1.165) is 16.3 Å². The van der Waals surface area contributed by atoms with Gasteiger partial charge in [-0.25, -0.2) is 8.42 Å². The molecule has 2 heterocycles. The second kappa shape index (κ2) is 7.35. The van der Waals surface area contributed by atoms with Gasteiger partial charge in [0.1, 0.15) is 0 Å². The van der Waals surface area contributed by atoms with Crippen molar-refractivity contribution in [3.63, 3.8) is 0 Å². The summed E-state index contributed by atoms with van der Waals surface area (Å²) in [6, 6.07) is 18.3. The second-order valence-corrected chi connectivity index (χ2v) is 10.8. The minimum Gasteiger partial charge on any atom is -0.307 e. The summed E-state index contributed by atoms with van der Waals surface area (Å²) < 4.78 is 26.4. The van der Waals surface area contributed by atoms with Gasteiger partial charge in [0, 0.05) is 33.9 Å². The van der Waals surface area contributed by atoms with E-state index < -0.39 is 9.84 Å². The van der Waals surface area contributed by atoms with Crippen molar-refractivity contribution < 1.29 is 18.0 Å². The average Bonchev–Trinajstić information content (AvgIpc) is 2.96. The van der Waals surface area contributed by atoms with Gasteiger partial charge in [-0.05, 0) is 48.4 Å². The molecular formula is C24H19NO4S2. The van der Waals surface area contributed by atoms with Crippen molar-refractivity contribution in [2.75, 3.05) is 17.2 Å². The quantitative estimate of drug-likeness (QED) is 0.429. The van der Waals surface area contributed by atoms with Crippen molar-refractivity contribution in [2.45, 2.75) is 21.6 Å². The van der Waals surface area contributed by atoms with Crippen LogP contribution in [0, 0.1) is 5.92 Å². The number of thioether (sulfide) groups is 1. The zero-order valence-corrected chi connectivity index (χ0v) is 18.4. The van der Waals surface area contributed by atoms with Gasteiger partial charge in [0.2, 0.25) is 9.84 Å². The molecule has 0 radical (unpaired) electrons. The predicted octanol–water partition coefficient (Wildman–Crippen LogP) is 4.45. The van der Waals surface area contributed by atoms with Crippen LogP contribution in [-0.4, -0.2) is 32.4 Å². The molecule has 0 fully saturated rings. The first-order valence-electron chi connectivity index (χ1n) is 9.94. The summed E-state index contributed by atoms with van der Waals surface area (Å²) in [4.78, 5) is 29.0. The molecule has 5 rings (SSSR count). The van der Waals surface area contributed by atoms with Crippen LogP contribution in [0.1, 0.15) is 33.2 Å². The van der Waals surface area contributed by atoms with E-state index in [1.54, 1.807) is 34.9 Å². The number of rotatable bonds is 1. The molecule has 1 atom stereocenters. The third-order valence-corrected chi connectivity index (χ3v) is 8.85. The largest absolute Gasteiger partial charge is 0.307 e. The van der Waals surface area contributed by atoms with E-state index >= 15 is 0 Å². The number of carbonyl (C=O) groups excluding carboxylic acids is 2. The molecule has 5 nitrogen and oxygen atoms in total. The summed E-state index contributed by atoms with van der Waals surface area (Å²) in [5, 5.41) is 0. The van der Waals surface area contributed by atoms with E-state index in [0.29, 0.717) is 6.54 Å². The first-order chi connectivity index (χ1) is 14.9. The smallest absolute Gasteiger partial charge is 0.258 e. The molecule has 0 bridgehead atoms. The summed E-state index contributed by atoms with van der Waals surface area (Å²) in [6.07, 6.45) is 0. The minimum absolute atomic E-state index is 0.0118. The molecule has 156 valence electrons. The average molecular weight is 450 g/mol. The van der Waals surface area contributed by atoms with Crippen molar-refractivity contribution in [1.82, 2.24) is 0 Å². The Kier molecular flexibility index (Phi) is 4.75. The minimum atomic E-state index is -3.90. The van der Waals surface area contributed by atoms with E-state index in [-0.39, 0.29) is 44.1 Å². The molecule has 0 saturated carbocycles. The van der Waals surface area contributed by atoms with Gasteiger partial charge in [-0.15, -0.1) is 11.8 Å². The molecule has 2 aliphatic heterocycles. The number of carbonyl (C=O) groups is 2. The molecule has 7 heteroatoms. The zero-order chi connectivity index (χ0) is 21.8. The van der Waals surface area contributed by atoms with E-state index in [1.807, 2.05) is 24.3 Å². The van der Waals surface area contributed by atoms with Crippen molar-refractivity contribution in [3.8, 4) is 0 Å². The lowest BCUT2D eigenvalue weighted by Gasteiger charge is -2.25. The molecule has 0 saturated heterocycles. The molecule has 3 aromatic carbocycles. The standard InChI is InChI=1S/C24H19NO4S2/c1-15-13-25(19-7-3-4-8-20(19)30-14-15)24(27)16-10-11-18-22(12-16)31(28,29)21-9-5-2-6-17(21)23(18)26/h2-12,15H,13-14H2,1H3. The molecule has 0 spiro atoms. The number of sulfone groups is 1. The van der Waals surface area contributed by atoms with Gasteiger partial charge in [-0.3, -0.25) is 9.59 Å². The Hall–Kier alpha value is -2.90. The van der Waals surface area contributed by atoms with Crippen LogP contribution in [0.5, 0.6) is 0 Å². The van der Waals surface area contributed by atoms with Gasteiger partial charge in [0.25, 0.3) is 5.91 Å². The van der Waals surface area contributed by atoms with Crippen LogP contribution in [0.2, 0.25) is 0 Å². The maximum atomic E-state index is 13.5. The van der Waals surface area contributed by atoms with Gasteiger partial charge in [0.15, 0.2) is 5.78 Å². The second-order valence-electron chi connectivity index (χ2n) is 7.84. The van der Waals surface area contributed by atoms with Gasteiger partial charge in [-0.1, -0.05) is 31.2 Å². The zero-order valence-electron chi connectivity index (χ0n) is 16.7. The van der Waals surface area contributed by atoms with Crippen LogP contribution in [0.15, 0.2) is 81.4 Å². The highest BCUT2D eigenvalue weighted by Gasteiger charge is 2.35. The SMILES string of the molecule is CC1CSc2ccccc2N(C(=O)c2ccc3c(c2)S(=O)(=O)c2ccccc2C3=O)C1. The number of amides is 1. The van der Waals surface area contributed by atoms with Gasteiger partial charge in [0.05, 0.1) is 15.5 Å². The van der Waals surface area contributed by atoms with Crippen LogP contribution in [-0.2, 0) is 9.84 Å². The highest BCUT2D eigenvalue weighted by molar-refractivity contribution is 7.99. The predicted molar refractivity (Wildman–Crippen MR) is 120 cm³/mol. The lowest BCUT2D eigenvalue weighted by Crippen LogP contribution is -2.35. The molecule has 1 unspecified atom stereocenters. The summed E-state index contributed by atoms with van der Waals surface area (Å²) in [7, 11) is -3.90. The van der Waals surface area contributed by atoms with Crippen LogP contribution in [0.3, 0.4) is 0 Å². The Balaban J connectivity index is 1.62. The summed E-state index contributed by atoms with van der Waals surface area (Å²) in [6.45, 7) is 2.63. The van der Waals surface area contributed by atoms with E-state index in [4.69, 9.17) is 0 Å². The number of hydrogen-bond donors (Lipinski definition) is 0. The number of benzene rings is 3. The third-order valence-electron chi connectivity index (χ3n) is 5.60. The molecule has 0 aliphatic carbocycles. The lowest BCUT2D eigenvalue weighted by atomic mass is 10.0. The van der Waals surface area contributed by atoms with Crippen LogP contribution >= 0.6 is 11.8 Å². The first-order valence-corrected chi connectivity index (χ1v) is 12.4. The van der Waals surface area contributed by atoms with Crippen LogP contribution < -0.4 is 4.90 Å². The Morgan fingerprint density at radius 1 is 0.968 bits per heavy atom. The fourth-order valence-electron chi connectivity index (χ4n) is 4.06. The van der Waals surface area contributed by atoms with Gasteiger partial charge in [-0.2, -0.15) is 0 Å². The van der Waals surface area contributed by atoms with E-state index in [1.165, 1.54) is 24.3 Å². The van der Waals surface area contributed by atoms with Crippen LogP contribution in [0.25, 0.3) is 0 Å². The van der Waals surface area contributed by atoms with Crippen molar-refractivity contribution >= 4 is 39.0 Å². The number of anilines is 1. The third kappa shape index (κ3) is 3.20. The number of hydrogen-bond acceptors (Lipinski definition) is 5. The lowest BCUT2D eigenvalue weighted by molar-refractivity contribution is 0.0980. The Morgan fingerprint density at radius 2 is 1.68 bits per heavy atom. The number of fused-ring (bicyclic) bond motifs is 3. The number of ketones is 1. The first kappa shape index (κ1) is 20.0. The molecule has 3 aromatic rings. The molecule has 1 amide bonds. The van der Waals surface area contributed by atoms with Crippen molar-refractivity contribution in [3.05, 3.63) is 83.4 Å². The molecular weight excluding hydrogens is 430 g/mol. The summed E-state index contributed by atoms with van der Waals surface area (Å²) in [5.74, 6) is 0.553. The van der Waals surface area contributed by atoms with Crippen molar-refractivity contribution in [1.29, 1.82) is 0 Å². The van der Waals surface area contributed by atoms with E-state index in [9.17, 15) is 18.0 Å². The highest BCUT2D eigenvalue weighted by atomic mass is 32.2. The van der Waals surface area contributed by atoms with Gasteiger partial charge >= 0.3 is 0 Å². The fourth-order valence-corrected chi connectivity index (χ4v) is 6.81. The maximum Gasteiger partial charge on any atom is 0.258 e. The highest BCUT2D eigenvalue weighted by Crippen LogP contribution is 2.38. The Morgan fingerprint density at radius 3 is 2.52 bits per heavy atom. The van der Waals surface area contributed by atoms with Crippen LogP contribution in [0.4, 0.5) is 5.69 Å². The van der Waals surface area contributed by atoms with Crippen molar-refractivity contribution in [2.24, 2.45) is 5.92 Å². The number of nitrogens with zero attached hydrogens (tertiary/aromatic N) is 1. The topological polar surface area (TPSA) is 71.5 Å². The van der Waals surface area contributed by atoms with Gasteiger partial charge < -0.3 is 4.90 Å². The Bertz CT molecular complexity index is 1350. The maximum absolute atomic E-state index is 13.5. The number of para-hydroxylation sites is 1. The normalized spacial score (nSPS) is 19.1. The molecule has 0 aromatic heterocycles. The Labute approximate surface area is 185 Å². The van der Waals surface area contributed by atoms with E-state index in [2.05, 4.69) is 6.92 Å². The molecule has 0 N–H and O–H groups in total. The molecule has 2 aliphatic rings. The fraction of sp³-hybridized carbons (Fsp3) is 0.167. The monoisotopic (exact) mass is 449 g/mol. The summed E-state index contributed by atoms with van der Waals surface area (Å²) >= 11 is 1.71.